The molecule has 11 nitrogen and oxygen atoms in total. The molecule has 0 unspecified atom stereocenters. The van der Waals surface area contributed by atoms with Crippen LogP contribution in [-0.2, 0) is 19.6 Å². The van der Waals surface area contributed by atoms with Crippen LogP contribution in [0.3, 0.4) is 0 Å². The number of hydrogen-bond acceptors (Lipinski definition) is 8. The van der Waals surface area contributed by atoms with Crippen molar-refractivity contribution < 1.29 is 22.9 Å². The van der Waals surface area contributed by atoms with Crippen LogP contribution in [0.5, 0.6) is 0 Å². The summed E-state index contributed by atoms with van der Waals surface area (Å²) >= 11 is 0. The lowest BCUT2D eigenvalue weighted by Crippen LogP contribution is -2.40. The van der Waals surface area contributed by atoms with E-state index in [0.29, 0.717) is 11.3 Å². The van der Waals surface area contributed by atoms with E-state index in [1.54, 1.807) is 24.3 Å². The Morgan fingerprint density at radius 1 is 1.19 bits per heavy atom. The topological polar surface area (TPSA) is 143 Å². The van der Waals surface area contributed by atoms with Gasteiger partial charge in [0.25, 0.3) is 5.69 Å². The minimum Gasteiger partial charge on any atom is -0.379 e. The van der Waals surface area contributed by atoms with Crippen molar-refractivity contribution in [3.05, 3.63) is 58.1 Å². The standard InChI is InChI=1S/C19H21N5O6S/c1-14(25)21-16-4-2-15(3-5-16)13-20-22-18-7-6-17(24(26)27)12-19(18)31(28,29)23-8-10-30-11-9-23/h2-7,12-13,22H,8-11H2,1H3,(H,21,25)/b20-13-. The first-order valence-corrected chi connectivity index (χ1v) is 10.7. The molecule has 1 fully saturated rings. The monoisotopic (exact) mass is 447 g/mol. The highest BCUT2D eigenvalue weighted by atomic mass is 32.2. The smallest absolute Gasteiger partial charge is 0.270 e. The SMILES string of the molecule is CC(=O)Nc1ccc(/C=N\Nc2ccc([N+](=O)[O-])cc2S(=O)(=O)N2CCOCC2)cc1. The average molecular weight is 447 g/mol. The van der Waals surface area contributed by atoms with Crippen molar-refractivity contribution in [2.24, 2.45) is 5.10 Å². The van der Waals surface area contributed by atoms with E-state index in [-0.39, 0.29) is 48.5 Å². The third-order valence-corrected chi connectivity index (χ3v) is 6.33. The number of carbonyl (C=O) groups is 1. The lowest BCUT2D eigenvalue weighted by molar-refractivity contribution is -0.385. The zero-order valence-electron chi connectivity index (χ0n) is 16.6. The highest BCUT2D eigenvalue weighted by Gasteiger charge is 2.30. The number of benzene rings is 2. The van der Waals surface area contributed by atoms with Crippen LogP contribution < -0.4 is 10.7 Å². The predicted octanol–water partition coefficient (Wildman–Crippen LogP) is 2.02. The van der Waals surface area contributed by atoms with Gasteiger partial charge in [0.15, 0.2) is 0 Å². The number of rotatable bonds is 7. The third kappa shape index (κ3) is 5.63. The number of morpholine rings is 1. The molecule has 1 aliphatic rings. The van der Waals surface area contributed by atoms with Crippen LogP contribution in [-0.4, -0.2) is 56.1 Å². The van der Waals surface area contributed by atoms with E-state index in [4.69, 9.17) is 4.74 Å². The Labute approximate surface area is 178 Å². The van der Waals surface area contributed by atoms with E-state index in [0.717, 1.165) is 6.07 Å². The van der Waals surface area contributed by atoms with E-state index in [2.05, 4.69) is 15.8 Å². The Kier molecular flexibility index (Phi) is 6.95. The van der Waals surface area contributed by atoms with Gasteiger partial charge >= 0.3 is 0 Å². The lowest BCUT2D eigenvalue weighted by atomic mass is 10.2. The van der Waals surface area contributed by atoms with Crippen molar-refractivity contribution in [2.75, 3.05) is 37.0 Å². The Morgan fingerprint density at radius 3 is 2.48 bits per heavy atom. The number of nitrogens with one attached hydrogen (secondary N) is 2. The second-order valence-corrected chi connectivity index (χ2v) is 8.53. The summed E-state index contributed by atoms with van der Waals surface area (Å²) in [5, 5.41) is 17.9. The number of sulfonamides is 1. The first-order valence-electron chi connectivity index (χ1n) is 9.30. The van der Waals surface area contributed by atoms with Gasteiger partial charge in [-0.05, 0) is 23.8 Å². The average Bonchev–Trinajstić information content (AvgIpc) is 2.75. The van der Waals surface area contributed by atoms with Crippen LogP contribution in [0.15, 0.2) is 52.5 Å². The van der Waals surface area contributed by atoms with Crippen molar-refractivity contribution in [1.82, 2.24) is 4.31 Å². The van der Waals surface area contributed by atoms with Gasteiger partial charge in [0, 0.05) is 37.8 Å². The van der Waals surface area contributed by atoms with E-state index in [1.807, 2.05) is 0 Å². The lowest BCUT2D eigenvalue weighted by Gasteiger charge is -2.26. The second-order valence-electron chi connectivity index (χ2n) is 6.63. The number of nitrogens with zero attached hydrogens (tertiary/aromatic N) is 3. The number of amides is 1. The van der Waals surface area contributed by atoms with Gasteiger partial charge in [0.1, 0.15) is 4.90 Å². The number of ether oxygens (including phenoxy) is 1. The molecule has 0 aliphatic carbocycles. The summed E-state index contributed by atoms with van der Waals surface area (Å²) in [6, 6.07) is 10.4. The molecule has 0 aromatic heterocycles. The van der Waals surface area contributed by atoms with E-state index in [1.165, 1.54) is 29.6 Å². The Bertz CT molecular complexity index is 1100. The normalized spacial score (nSPS) is 15.0. The summed E-state index contributed by atoms with van der Waals surface area (Å²) in [5.41, 5.74) is 3.76. The first kappa shape index (κ1) is 22.3. The third-order valence-electron chi connectivity index (χ3n) is 4.39. The van der Waals surface area contributed by atoms with E-state index in [9.17, 15) is 23.3 Å². The van der Waals surface area contributed by atoms with Gasteiger partial charge in [-0.15, -0.1) is 0 Å². The fourth-order valence-electron chi connectivity index (χ4n) is 2.89. The molecule has 1 heterocycles. The molecule has 0 spiro atoms. The van der Waals surface area contributed by atoms with Gasteiger partial charge in [-0.2, -0.15) is 9.41 Å². The molecular formula is C19H21N5O6S. The van der Waals surface area contributed by atoms with Crippen LogP contribution in [0.2, 0.25) is 0 Å². The molecule has 3 rings (SSSR count). The number of non-ortho nitro benzene ring substituents is 1. The largest absolute Gasteiger partial charge is 0.379 e. The zero-order valence-corrected chi connectivity index (χ0v) is 17.5. The van der Waals surface area contributed by atoms with Gasteiger partial charge in [-0.1, -0.05) is 12.1 Å². The molecule has 164 valence electrons. The number of nitro benzene ring substituents is 1. The molecule has 2 aromatic rings. The van der Waals surface area contributed by atoms with Gasteiger partial charge in [0.05, 0.1) is 30.0 Å². The maximum absolute atomic E-state index is 13.1. The summed E-state index contributed by atoms with van der Waals surface area (Å²) in [6.45, 7) is 2.24. The molecule has 2 aromatic carbocycles. The molecule has 0 radical (unpaired) electrons. The van der Waals surface area contributed by atoms with Crippen molar-refractivity contribution in [3.8, 4) is 0 Å². The fraction of sp³-hybridized carbons (Fsp3) is 0.263. The van der Waals surface area contributed by atoms with Crippen LogP contribution in [0.1, 0.15) is 12.5 Å². The van der Waals surface area contributed by atoms with Crippen molar-refractivity contribution in [1.29, 1.82) is 0 Å². The minimum atomic E-state index is -3.99. The van der Waals surface area contributed by atoms with Crippen molar-refractivity contribution in [3.63, 3.8) is 0 Å². The second kappa shape index (κ2) is 9.64. The molecule has 0 bridgehead atoms. The number of anilines is 2. The molecule has 0 saturated carbocycles. The molecule has 1 amide bonds. The summed E-state index contributed by atoms with van der Waals surface area (Å²) in [7, 11) is -3.99. The molecular weight excluding hydrogens is 426 g/mol. The Hall–Kier alpha value is -3.35. The van der Waals surface area contributed by atoms with Crippen LogP contribution >= 0.6 is 0 Å². The number of hydrazone groups is 1. The number of hydrogen-bond donors (Lipinski definition) is 2. The van der Waals surface area contributed by atoms with E-state index < -0.39 is 14.9 Å². The van der Waals surface area contributed by atoms with Gasteiger partial charge in [-0.3, -0.25) is 20.3 Å². The summed E-state index contributed by atoms with van der Waals surface area (Å²) < 4.78 is 32.5. The van der Waals surface area contributed by atoms with Crippen LogP contribution in [0.4, 0.5) is 17.1 Å². The van der Waals surface area contributed by atoms with Crippen molar-refractivity contribution in [2.45, 2.75) is 11.8 Å². The Morgan fingerprint density at radius 2 is 1.87 bits per heavy atom. The van der Waals surface area contributed by atoms with Gasteiger partial charge in [-0.25, -0.2) is 8.42 Å². The maximum atomic E-state index is 13.1. The summed E-state index contributed by atoms with van der Waals surface area (Å²) in [5.74, 6) is -0.185. The van der Waals surface area contributed by atoms with Crippen molar-refractivity contribution >= 4 is 39.2 Å². The molecule has 1 aliphatic heterocycles. The fourth-order valence-corrected chi connectivity index (χ4v) is 4.46. The minimum absolute atomic E-state index is 0.114. The highest BCUT2D eigenvalue weighted by molar-refractivity contribution is 7.89. The number of carbonyl (C=O) groups excluding carboxylic acids is 1. The molecule has 0 atom stereocenters. The maximum Gasteiger partial charge on any atom is 0.270 e. The molecule has 2 N–H and O–H groups in total. The van der Waals surface area contributed by atoms with Gasteiger partial charge in [0.2, 0.25) is 15.9 Å². The summed E-state index contributed by atoms with van der Waals surface area (Å²) in [4.78, 5) is 21.3. The molecule has 12 heteroatoms. The summed E-state index contributed by atoms with van der Waals surface area (Å²) in [6.07, 6.45) is 1.46. The van der Waals surface area contributed by atoms with Gasteiger partial charge < -0.3 is 10.1 Å². The first-order chi connectivity index (χ1) is 14.8. The van der Waals surface area contributed by atoms with Crippen LogP contribution in [0.25, 0.3) is 0 Å². The predicted molar refractivity (Wildman–Crippen MR) is 115 cm³/mol. The molecule has 1 saturated heterocycles. The Balaban J connectivity index is 1.84. The molecule has 31 heavy (non-hydrogen) atoms. The number of nitro groups is 1. The van der Waals surface area contributed by atoms with E-state index >= 15 is 0 Å². The quantitative estimate of drug-likeness (QED) is 0.375. The highest BCUT2D eigenvalue weighted by Crippen LogP contribution is 2.29. The zero-order chi connectivity index (χ0) is 22.4. The van der Waals surface area contributed by atoms with Crippen LogP contribution in [0, 0.1) is 10.1 Å².